The Balaban J connectivity index is 2.02. The average Bonchev–Trinajstić information content (AvgIpc) is 2.62. The summed E-state index contributed by atoms with van der Waals surface area (Å²) in [7, 11) is 1.75. The van der Waals surface area contributed by atoms with Gasteiger partial charge in [0.2, 0.25) is 0 Å². The SMILES string of the molecule is CCN1CCN(CCCCNC(=NC)NCCNC(=O)OC(C)(C)C)CC1. The zero-order valence-electron chi connectivity index (χ0n) is 17.9. The standard InChI is InChI=1S/C19H40N6O2/c1-6-24-13-15-25(16-14-24)12-8-7-9-21-17(20-5)22-10-11-23-18(26)27-19(2,3)4/h6-16H2,1-5H3,(H,23,26)(H2,20,21,22). The van der Waals surface area contributed by atoms with Crippen LogP contribution in [0.1, 0.15) is 40.5 Å². The van der Waals surface area contributed by atoms with Crippen molar-refractivity contribution < 1.29 is 9.53 Å². The molecule has 1 saturated heterocycles. The quantitative estimate of drug-likeness (QED) is 0.314. The fourth-order valence-electron chi connectivity index (χ4n) is 2.88. The maximum atomic E-state index is 11.6. The molecule has 0 spiro atoms. The molecule has 27 heavy (non-hydrogen) atoms. The zero-order valence-corrected chi connectivity index (χ0v) is 17.9. The van der Waals surface area contributed by atoms with E-state index in [2.05, 4.69) is 37.7 Å². The van der Waals surface area contributed by atoms with Gasteiger partial charge in [-0.2, -0.15) is 0 Å². The Morgan fingerprint density at radius 3 is 2.15 bits per heavy atom. The summed E-state index contributed by atoms with van der Waals surface area (Å²) < 4.78 is 5.19. The van der Waals surface area contributed by atoms with Gasteiger partial charge in [0.15, 0.2) is 5.96 Å². The molecule has 1 heterocycles. The Kier molecular flexibility index (Phi) is 11.1. The number of hydrogen-bond acceptors (Lipinski definition) is 5. The van der Waals surface area contributed by atoms with Crippen LogP contribution in [0, 0.1) is 0 Å². The third kappa shape index (κ3) is 11.7. The van der Waals surface area contributed by atoms with Crippen molar-refractivity contribution in [2.45, 2.75) is 46.1 Å². The Morgan fingerprint density at radius 2 is 1.56 bits per heavy atom. The van der Waals surface area contributed by atoms with Gasteiger partial charge >= 0.3 is 6.09 Å². The lowest BCUT2D eigenvalue weighted by Crippen LogP contribution is -2.46. The van der Waals surface area contributed by atoms with Gasteiger partial charge < -0.3 is 30.5 Å². The molecule has 158 valence electrons. The van der Waals surface area contributed by atoms with Crippen LogP contribution >= 0.6 is 0 Å². The number of nitrogens with zero attached hydrogens (tertiary/aromatic N) is 3. The molecular weight excluding hydrogens is 344 g/mol. The van der Waals surface area contributed by atoms with Crippen LogP contribution in [-0.2, 0) is 4.74 Å². The molecule has 8 heteroatoms. The van der Waals surface area contributed by atoms with Crippen LogP contribution in [-0.4, -0.2) is 93.4 Å². The van der Waals surface area contributed by atoms with E-state index in [0.29, 0.717) is 13.1 Å². The Hall–Kier alpha value is -1.54. The lowest BCUT2D eigenvalue weighted by molar-refractivity contribution is 0.0529. The molecule has 3 N–H and O–H groups in total. The van der Waals surface area contributed by atoms with E-state index in [4.69, 9.17) is 4.74 Å². The molecule has 0 bridgehead atoms. The lowest BCUT2D eigenvalue weighted by atomic mass is 10.2. The molecule has 1 amide bonds. The van der Waals surface area contributed by atoms with Crippen LogP contribution in [0.4, 0.5) is 4.79 Å². The number of piperazine rings is 1. The van der Waals surface area contributed by atoms with Gasteiger partial charge in [-0.05, 0) is 46.7 Å². The summed E-state index contributed by atoms with van der Waals surface area (Å²) in [6.45, 7) is 16.9. The first-order valence-corrected chi connectivity index (χ1v) is 10.2. The monoisotopic (exact) mass is 384 g/mol. The minimum atomic E-state index is -0.474. The molecule has 0 aromatic carbocycles. The first-order chi connectivity index (χ1) is 12.8. The first kappa shape index (κ1) is 23.5. The first-order valence-electron chi connectivity index (χ1n) is 10.2. The molecule has 8 nitrogen and oxygen atoms in total. The summed E-state index contributed by atoms with van der Waals surface area (Å²) >= 11 is 0. The van der Waals surface area contributed by atoms with Gasteiger partial charge in [0, 0.05) is 52.9 Å². The molecule has 1 aliphatic heterocycles. The Labute approximate surface area is 165 Å². The van der Waals surface area contributed by atoms with Crippen LogP contribution in [0.5, 0.6) is 0 Å². The number of unbranched alkanes of at least 4 members (excludes halogenated alkanes) is 1. The third-order valence-electron chi connectivity index (χ3n) is 4.41. The van der Waals surface area contributed by atoms with Crippen molar-refractivity contribution in [3.63, 3.8) is 0 Å². The summed E-state index contributed by atoms with van der Waals surface area (Å²) in [6.07, 6.45) is 1.91. The van der Waals surface area contributed by atoms with Gasteiger partial charge in [-0.3, -0.25) is 4.99 Å². The number of alkyl carbamates (subject to hydrolysis) is 1. The fourth-order valence-corrected chi connectivity index (χ4v) is 2.88. The van der Waals surface area contributed by atoms with E-state index in [9.17, 15) is 4.79 Å². The largest absolute Gasteiger partial charge is 0.444 e. The highest BCUT2D eigenvalue weighted by Crippen LogP contribution is 2.06. The smallest absolute Gasteiger partial charge is 0.407 e. The lowest BCUT2D eigenvalue weighted by Gasteiger charge is -2.34. The number of ether oxygens (including phenoxy) is 1. The zero-order chi connectivity index (χ0) is 20.1. The van der Waals surface area contributed by atoms with E-state index < -0.39 is 11.7 Å². The predicted octanol–water partition coefficient (Wildman–Crippen LogP) is 1.09. The molecule has 1 aliphatic rings. The van der Waals surface area contributed by atoms with E-state index >= 15 is 0 Å². The Morgan fingerprint density at radius 1 is 0.963 bits per heavy atom. The topological polar surface area (TPSA) is 81.2 Å². The van der Waals surface area contributed by atoms with E-state index in [0.717, 1.165) is 25.5 Å². The fraction of sp³-hybridized carbons (Fsp3) is 0.895. The van der Waals surface area contributed by atoms with Crippen LogP contribution in [0.3, 0.4) is 0 Å². The third-order valence-corrected chi connectivity index (χ3v) is 4.41. The van der Waals surface area contributed by atoms with Crippen LogP contribution in [0.2, 0.25) is 0 Å². The van der Waals surface area contributed by atoms with E-state index in [1.807, 2.05) is 20.8 Å². The van der Waals surface area contributed by atoms with Crippen molar-refractivity contribution >= 4 is 12.1 Å². The number of guanidine groups is 1. The van der Waals surface area contributed by atoms with Crippen molar-refractivity contribution in [3.05, 3.63) is 0 Å². The van der Waals surface area contributed by atoms with Crippen molar-refractivity contribution in [1.82, 2.24) is 25.8 Å². The maximum absolute atomic E-state index is 11.6. The van der Waals surface area contributed by atoms with Gasteiger partial charge in [0.05, 0.1) is 0 Å². The minimum Gasteiger partial charge on any atom is -0.444 e. The number of amides is 1. The number of likely N-dealkylation sites (N-methyl/N-ethyl adjacent to an activating group) is 1. The molecule has 0 saturated carbocycles. The highest BCUT2D eigenvalue weighted by molar-refractivity contribution is 5.79. The Bertz CT molecular complexity index is 442. The molecule has 1 rings (SSSR count). The van der Waals surface area contributed by atoms with Crippen LogP contribution in [0.25, 0.3) is 0 Å². The number of carbonyl (C=O) groups is 1. The van der Waals surface area contributed by atoms with Crippen molar-refractivity contribution in [2.75, 3.05) is 66.0 Å². The molecule has 0 radical (unpaired) electrons. The number of carbonyl (C=O) groups excluding carboxylic acids is 1. The number of nitrogens with one attached hydrogen (secondary N) is 3. The van der Waals surface area contributed by atoms with Crippen LogP contribution < -0.4 is 16.0 Å². The second-order valence-electron chi connectivity index (χ2n) is 7.84. The maximum Gasteiger partial charge on any atom is 0.407 e. The summed E-state index contributed by atoms with van der Waals surface area (Å²) in [5, 5.41) is 9.23. The second kappa shape index (κ2) is 12.8. The second-order valence-corrected chi connectivity index (χ2v) is 7.84. The number of aliphatic imine (C=N–C) groups is 1. The van der Waals surface area contributed by atoms with Crippen molar-refractivity contribution in [3.8, 4) is 0 Å². The molecule has 0 aliphatic carbocycles. The van der Waals surface area contributed by atoms with Crippen LogP contribution in [0.15, 0.2) is 4.99 Å². The number of hydrogen-bond donors (Lipinski definition) is 3. The van der Waals surface area contributed by atoms with Gasteiger partial charge in [-0.25, -0.2) is 4.79 Å². The van der Waals surface area contributed by atoms with E-state index in [-0.39, 0.29) is 0 Å². The van der Waals surface area contributed by atoms with Gasteiger partial charge in [0.1, 0.15) is 5.60 Å². The molecular formula is C19H40N6O2. The van der Waals surface area contributed by atoms with E-state index in [1.165, 1.54) is 39.1 Å². The molecule has 0 aromatic rings. The van der Waals surface area contributed by atoms with Gasteiger partial charge in [-0.15, -0.1) is 0 Å². The molecule has 0 aromatic heterocycles. The van der Waals surface area contributed by atoms with Crippen molar-refractivity contribution in [1.29, 1.82) is 0 Å². The minimum absolute atomic E-state index is 0.396. The molecule has 1 fully saturated rings. The molecule has 0 unspecified atom stereocenters. The van der Waals surface area contributed by atoms with Gasteiger partial charge in [-0.1, -0.05) is 6.92 Å². The van der Waals surface area contributed by atoms with Gasteiger partial charge in [0.25, 0.3) is 0 Å². The highest BCUT2D eigenvalue weighted by atomic mass is 16.6. The summed E-state index contributed by atoms with van der Waals surface area (Å²) in [5.41, 5.74) is -0.474. The summed E-state index contributed by atoms with van der Waals surface area (Å²) in [5.74, 6) is 0.762. The summed E-state index contributed by atoms with van der Waals surface area (Å²) in [4.78, 5) is 20.8. The average molecular weight is 385 g/mol. The highest BCUT2D eigenvalue weighted by Gasteiger charge is 2.16. The summed E-state index contributed by atoms with van der Waals surface area (Å²) in [6, 6.07) is 0. The predicted molar refractivity (Wildman–Crippen MR) is 111 cm³/mol. The van der Waals surface area contributed by atoms with Crippen molar-refractivity contribution in [2.24, 2.45) is 4.99 Å². The van der Waals surface area contributed by atoms with E-state index in [1.54, 1.807) is 7.05 Å². The molecule has 0 atom stereocenters. The number of rotatable bonds is 9. The normalized spacial score (nSPS) is 16.9.